The smallest absolute Gasteiger partial charge is 0.119 e. The van der Waals surface area contributed by atoms with Gasteiger partial charge in [-0.05, 0) is 60.8 Å². The molecule has 3 rings (SSSR count). The minimum atomic E-state index is 0. The third kappa shape index (κ3) is 3.24. The zero-order chi connectivity index (χ0) is 14.8. The molecule has 0 aliphatic heterocycles. The number of hydrogen-bond acceptors (Lipinski definition) is 2. The van der Waals surface area contributed by atoms with Crippen molar-refractivity contribution in [3.8, 4) is 5.75 Å². The Bertz CT molecular complexity index is 627. The van der Waals surface area contributed by atoms with Crippen LogP contribution in [0.4, 0.5) is 0 Å². The molecule has 22 heavy (non-hydrogen) atoms. The molecule has 0 aromatic heterocycles. The first-order valence-electron chi connectivity index (χ1n) is 7.33. The fraction of sp³-hybridized carbons (Fsp3) is 0.333. The van der Waals surface area contributed by atoms with Gasteiger partial charge in [-0.15, -0.1) is 12.4 Å². The molecule has 2 aromatic rings. The van der Waals surface area contributed by atoms with E-state index in [1.807, 2.05) is 19.2 Å². The van der Waals surface area contributed by atoms with Gasteiger partial charge in [0.15, 0.2) is 0 Å². The highest BCUT2D eigenvalue weighted by Gasteiger charge is 2.27. The number of hydrogen-bond donors (Lipinski definition) is 1. The van der Waals surface area contributed by atoms with Crippen molar-refractivity contribution in [3.05, 3.63) is 64.2 Å². The fourth-order valence-electron chi connectivity index (χ4n) is 3.28. The van der Waals surface area contributed by atoms with Crippen molar-refractivity contribution < 1.29 is 4.74 Å². The van der Waals surface area contributed by atoms with Gasteiger partial charge in [0.2, 0.25) is 0 Å². The van der Waals surface area contributed by atoms with Crippen LogP contribution in [0.25, 0.3) is 0 Å². The van der Waals surface area contributed by atoms with Crippen LogP contribution in [0.15, 0.2) is 42.5 Å². The summed E-state index contributed by atoms with van der Waals surface area (Å²) in [6, 6.07) is 15.1. The van der Waals surface area contributed by atoms with E-state index in [0.717, 1.165) is 23.6 Å². The number of fused-ring (bicyclic) bond motifs is 1. The molecule has 0 radical (unpaired) electrons. The van der Waals surface area contributed by atoms with Gasteiger partial charge in [-0.1, -0.05) is 29.8 Å². The Morgan fingerprint density at radius 3 is 2.41 bits per heavy atom. The highest BCUT2D eigenvalue weighted by molar-refractivity contribution is 6.30. The van der Waals surface area contributed by atoms with E-state index < -0.39 is 0 Å². The summed E-state index contributed by atoms with van der Waals surface area (Å²) in [7, 11) is 3.74. The Kier molecular flexibility index (Phi) is 5.74. The van der Waals surface area contributed by atoms with Crippen LogP contribution in [0.1, 0.15) is 41.5 Å². The van der Waals surface area contributed by atoms with Gasteiger partial charge in [-0.3, -0.25) is 0 Å². The van der Waals surface area contributed by atoms with Gasteiger partial charge in [0.1, 0.15) is 5.75 Å². The lowest BCUT2D eigenvalue weighted by Gasteiger charge is -2.32. The molecule has 0 saturated heterocycles. The maximum atomic E-state index is 6.01. The summed E-state index contributed by atoms with van der Waals surface area (Å²) in [5.74, 6) is 1.36. The number of benzene rings is 2. The highest BCUT2D eigenvalue weighted by Crippen LogP contribution is 2.42. The van der Waals surface area contributed by atoms with Gasteiger partial charge in [0.25, 0.3) is 0 Å². The molecular weight excluding hydrogens is 317 g/mol. The van der Waals surface area contributed by atoms with Crippen LogP contribution in [0.2, 0.25) is 5.02 Å². The second kappa shape index (κ2) is 7.36. The van der Waals surface area contributed by atoms with Crippen LogP contribution >= 0.6 is 24.0 Å². The van der Waals surface area contributed by atoms with E-state index in [4.69, 9.17) is 16.3 Å². The molecule has 118 valence electrons. The number of methoxy groups -OCH3 is 1. The Labute approximate surface area is 143 Å². The minimum Gasteiger partial charge on any atom is -0.497 e. The maximum Gasteiger partial charge on any atom is 0.119 e. The highest BCUT2D eigenvalue weighted by atomic mass is 35.5. The summed E-state index contributed by atoms with van der Waals surface area (Å²) >= 11 is 6.01. The maximum absolute atomic E-state index is 6.01. The fourth-order valence-corrected chi connectivity index (χ4v) is 3.41. The lowest BCUT2D eigenvalue weighted by molar-refractivity contribution is 0.409. The van der Waals surface area contributed by atoms with Gasteiger partial charge in [-0.25, -0.2) is 0 Å². The molecule has 0 heterocycles. The molecule has 0 spiro atoms. The van der Waals surface area contributed by atoms with Crippen molar-refractivity contribution in [2.24, 2.45) is 0 Å². The molecular formula is C18H21Cl2NO. The number of nitrogens with one attached hydrogen (secondary N) is 1. The molecule has 0 saturated carbocycles. The summed E-state index contributed by atoms with van der Waals surface area (Å²) in [5, 5.41) is 4.21. The molecule has 2 nitrogen and oxygen atoms in total. The van der Waals surface area contributed by atoms with Crippen molar-refractivity contribution in [1.82, 2.24) is 5.32 Å². The number of rotatable bonds is 3. The molecule has 1 aliphatic rings. The van der Waals surface area contributed by atoms with Crippen LogP contribution < -0.4 is 10.1 Å². The second-order valence-electron chi connectivity index (χ2n) is 5.52. The molecule has 0 unspecified atom stereocenters. The first-order valence-corrected chi connectivity index (χ1v) is 7.71. The van der Waals surface area contributed by atoms with E-state index >= 15 is 0 Å². The minimum absolute atomic E-state index is 0. The first kappa shape index (κ1) is 17.1. The molecule has 0 bridgehead atoms. The normalized spacial score (nSPS) is 20.0. The Balaban J connectivity index is 0.00000176. The van der Waals surface area contributed by atoms with Crippen molar-refractivity contribution in [2.75, 3.05) is 14.2 Å². The van der Waals surface area contributed by atoms with E-state index in [1.54, 1.807) is 7.11 Å². The molecule has 2 atom stereocenters. The van der Waals surface area contributed by atoms with E-state index in [9.17, 15) is 0 Å². The Morgan fingerprint density at radius 2 is 1.77 bits per heavy atom. The van der Waals surface area contributed by atoms with E-state index in [1.165, 1.54) is 16.7 Å². The van der Waals surface area contributed by atoms with Gasteiger partial charge >= 0.3 is 0 Å². The van der Waals surface area contributed by atoms with Crippen LogP contribution in [-0.4, -0.2) is 14.2 Å². The van der Waals surface area contributed by atoms with Crippen molar-refractivity contribution >= 4 is 24.0 Å². The first-order chi connectivity index (χ1) is 10.2. The summed E-state index contributed by atoms with van der Waals surface area (Å²) < 4.78 is 5.38. The van der Waals surface area contributed by atoms with E-state index in [0.29, 0.717) is 12.0 Å². The average Bonchev–Trinajstić information content (AvgIpc) is 2.54. The lowest BCUT2D eigenvalue weighted by atomic mass is 9.76. The lowest BCUT2D eigenvalue weighted by Crippen LogP contribution is -2.24. The monoisotopic (exact) mass is 337 g/mol. The predicted molar refractivity (Wildman–Crippen MR) is 94.6 cm³/mol. The molecule has 2 aromatic carbocycles. The van der Waals surface area contributed by atoms with Gasteiger partial charge in [0.05, 0.1) is 7.11 Å². The van der Waals surface area contributed by atoms with Crippen molar-refractivity contribution in [2.45, 2.75) is 24.8 Å². The molecule has 4 heteroatoms. The largest absolute Gasteiger partial charge is 0.497 e. The summed E-state index contributed by atoms with van der Waals surface area (Å²) in [6.45, 7) is 0. The quantitative estimate of drug-likeness (QED) is 0.854. The zero-order valence-corrected chi connectivity index (χ0v) is 14.4. The van der Waals surface area contributed by atoms with Gasteiger partial charge in [-0.2, -0.15) is 0 Å². The van der Waals surface area contributed by atoms with Crippen LogP contribution in [0, 0.1) is 0 Å². The zero-order valence-electron chi connectivity index (χ0n) is 12.8. The SMILES string of the molecule is CN[C@@H]1CC[C@@H](c2ccc(Cl)cc2)c2ccc(OC)cc21.Cl. The molecule has 1 aliphatic carbocycles. The van der Waals surface area contributed by atoms with Gasteiger partial charge in [0, 0.05) is 17.0 Å². The van der Waals surface area contributed by atoms with Gasteiger partial charge < -0.3 is 10.1 Å². The van der Waals surface area contributed by atoms with E-state index in [-0.39, 0.29) is 12.4 Å². The summed E-state index contributed by atoms with van der Waals surface area (Å²) in [4.78, 5) is 0. The van der Waals surface area contributed by atoms with Crippen LogP contribution in [-0.2, 0) is 0 Å². The third-order valence-corrected chi connectivity index (χ3v) is 4.66. The topological polar surface area (TPSA) is 21.3 Å². The standard InChI is InChI=1S/C18H20ClNO.ClH/c1-20-18-10-9-15(12-3-5-13(19)6-4-12)16-8-7-14(21-2)11-17(16)18;/h3-8,11,15,18,20H,9-10H2,1-2H3;1H/t15-,18+;/m0./s1. The predicted octanol–water partition coefficient (Wildman–Crippen LogP) is 4.96. The Morgan fingerprint density at radius 1 is 1.05 bits per heavy atom. The van der Waals surface area contributed by atoms with E-state index in [2.05, 4.69) is 35.6 Å². The third-order valence-electron chi connectivity index (χ3n) is 4.41. The van der Waals surface area contributed by atoms with Crippen LogP contribution in [0.5, 0.6) is 5.75 Å². The Hall–Kier alpha value is -1.22. The summed E-state index contributed by atoms with van der Waals surface area (Å²) in [5.41, 5.74) is 4.08. The second-order valence-corrected chi connectivity index (χ2v) is 5.95. The molecule has 1 N–H and O–H groups in total. The summed E-state index contributed by atoms with van der Waals surface area (Å²) in [6.07, 6.45) is 2.27. The average molecular weight is 338 g/mol. The van der Waals surface area contributed by atoms with Crippen LogP contribution in [0.3, 0.4) is 0 Å². The van der Waals surface area contributed by atoms with Crippen molar-refractivity contribution in [3.63, 3.8) is 0 Å². The van der Waals surface area contributed by atoms with Crippen molar-refractivity contribution in [1.29, 1.82) is 0 Å². The molecule has 0 fully saturated rings. The number of ether oxygens (including phenoxy) is 1. The number of halogens is 2. The molecule has 0 amide bonds.